The van der Waals surface area contributed by atoms with E-state index in [0.717, 1.165) is 11.4 Å². The third kappa shape index (κ3) is 5.00. The molecule has 0 rings (SSSR count). The average Bonchev–Trinajstić information content (AvgIpc) is 2.15. The van der Waals surface area contributed by atoms with Gasteiger partial charge in [0.1, 0.15) is 0 Å². The van der Waals surface area contributed by atoms with Gasteiger partial charge >= 0.3 is 22.3 Å². The van der Waals surface area contributed by atoms with Gasteiger partial charge in [0, 0.05) is 12.6 Å². The van der Waals surface area contributed by atoms with Gasteiger partial charge in [0.2, 0.25) is 0 Å². The molecule has 0 aromatic rings. The SMILES string of the molecule is CCN(C(C)CC(=O)O)S(=O)(=O)NC(=O)OC. The first kappa shape index (κ1) is 15.7. The molecule has 17 heavy (non-hydrogen) atoms. The van der Waals surface area contributed by atoms with Crippen LogP contribution in [0.2, 0.25) is 0 Å². The van der Waals surface area contributed by atoms with Crippen LogP contribution in [0.4, 0.5) is 4.79 Å². The van der Waals surface area contributed by atoms with Crippen LogP contribution >= 0.6 is 0 Å². The molecule has 9 heteroatoms. The predicted octanol–water partition coefficient (Wildman–Crippen LogP) is -0.228. The number of hydrogen-bond acceptors (Lipinski definition) is 5. The van der Waals surface area contributed by atoms with Gasteiger partial charge in [-0.3, -0.25) is 4.79 Å². The molecule has 100 valence electrons. The molecule has 0 heterocycles. The van der Waals surface area contributed by atoms with Crippen molar-refractivity contribution in [3.63, 3.8) is 0 Å². The van der Waals surface area contributed by atoms with Crippen molar-refractivity contribution in [3.8, 4) is 0 Å². The molecule has 0 bridgehead atoms. The van der Waals surface area contributed by atoms with E-state index in [9.17, 15) is 18.0 Å². The summed E-state index contributed by atoms with van der Waals surface area (Å²) in [5.41, 5.74) is 0. The number of carboxylic acids is 1. The maximum Gasteiger partial charge on any atom is 0.421 e. The number of ether oxygens (including phenoxy) is 1. The number of methoxy groups -OCH3 is 1. The minimum absolute atomic E-state index is 0.0424. The maximum absolute atomic E-state index is 11.7. The number of carbonyl (C=O) groups is 2. The second-order valence-corrected chi connectivity index (χ2v) is 4.87. The number of amides is 1. The lowest BCUT2D eigenvalue weighted by molar-refractivity contribution is -0.137. The lowest BCUT2D eigenvalue weighted by Gasteiger charge is -2.25. The van der Waals surface area contributed by atoms with E-state index in [1.807, 2.05) is 0 Å². The van der Waals surface area contributed by atoms with E-state index >= 15 is 0 Å². The highest BCUT2D eigenvalue weighted by Gasteiger charge is 2.28. The second kappa shape index (κ2) is 6.40. The Hall–Kier alpha value is -1.35. The van der Waals surface area contributed by atoms with Crippen LogP contribution in [0.15, 0.2) is 0 Å². The molecule has 1 amide bonds. The molecule has 0 saturated carbocycles. The van der Waals surface area contributed by atoms with Crippen LogP contribution in [-0.2, 0) is 19.7 Å². The fraction of sp³-hybridized carbons (Fsp3) is 0.750. The van der Waals surface area contributed by atoms with Gasteiger partial charge < -0.3 is 9.84 Å². The van der Waals surface area contributed by atoms with Gasteiger partial charge in [-0.2, -0.15) is 12.7 Å². The van der Waals surface area contributed by atoms with Gasteiger partial charge in [-0.05, 0) is 6.92 Å². The van der Waals surface area contributed by atoms with Gasteiger partial charge in [0.15, 0.2) is 0 Å². The molecule has 0 spiro atoms. The Balaban J connectivity index is 4.85. The Morgan fingerprint density at radius 2 is 2.00 bits per heavy atom. The van der Waals surface area contributed by atoms with Crippen molar-refractivity contribution in [2.75, 3.05) is 13.7 Å². The van der Waals surface area contributed by atoms with Crippen LogP contribution in [0.3, 0.4) is 0 Å². The zero-order valence-electron chi connectivity index (χ0n) is 9.84. The summed E-state index contributed by atoms with van der Waals surface area (Å²) in [5.74, 6) is -1.12. The number of carbonyl (C=O) groups excluding carboxylic acids is 1. The van der Waals surface area contributed by atoms with Crippen LogP contribution in [0, 0.1) is 0 Å². The van der Waals surface area contributed by atoms with Crippen molar-refractivity contribution < 1.29 is 27.9 Å². The molecular weight excluding hydrogens is 252 g/mol. The molecule has 0 radical (unpaired) electrons. The smallest absolute Gasteiger partial charge is 0.421 e. The summed E-state index contributed by atoms with van der Waals surface area (Å²) in [6.45, 7) is 3.02. The largest absolute Gasteiger partial charge is 0.481 e. The highest BCUT2D eigenvalue weighted by Crippen LogP contribution is 2.08. The summed E-state index contributed by atoms with van der Waals surface area (Å²) in [5, 5.41) is 8.59. The Kier molecular flexibility index (Phi) is 5.89. The molecule has 0 aliphatic carbocycles. The summed E-state index contributed by atoms with van der Waals surface area (Å²) >= 11 is 0. The van der Waals surface area contributed by atoms with Crippen molar-refractivity contribution >= 4 is 22.3 Å². The van der Waals surface area contributed by atoms with E-state index in [1.54, 1.807) is 4.72 Å². The molecule has 0 aromatic heterocycles. The summed E-state index contributed by atoms with van der Waals surface area (Å²) < 4.78 is 30.0. The van der Waals surface area contributed by atoms with Crippen molar-refractivity contribution in [1.82, 2.24) is 9.03 Å². The predicted molar refractivity (Wildman–Crippen MR) is 58.6 cm³/mol. The van der Waals surface area contributed by atoms with Crippen LogP contribution in [-0.4, -0.2) is 49.6 Å². The molecule has 1 unspecified atom stereocenters. The third-order valence-corrected chi connectivity index (χ3v) is 3.64. The summed E-state index contributed by atoms with van der Waals surface area (Å²) in [4.78, 5) is 21.3. The maximum atomic E-state index is 11.7. The Morgan fingerprint density at radius 3 is 2.35 bits per heavy atom. The quantitative estimate of drug-likeness (QED) is 0.688. The number of hydrogen-bond donors (Lipinski definition) is 2. The highest BCUT2D eigenvalue weighted by molar-refractivity contribution is 7.87. The lowest BCUT2D eigenvalue weighted by Crippen LogP contribution is -2.47. The molecule has 2 N–H and O–H groups in total. The molecule has 0 fully saturated rings. The molecule has 1 atom stereocenters. The van der Waals surface area contributed by atoms with Gasteiger partial charge in [-0.15, -0.1) is 0 Å². The normalized spacial score (nSPS) is 13.2. The van der Waals surface area contributed by atoms with Gasteiger partial charge in [0.25, 0.3) is 0 Å². The Labute approximate surface area is 99.7 Å². The molecule has 0 aromatic carbocycles. The minimum atomic E-state index is -4.08. The molecule has 8 nitrogen and oxygen atoms in total. The standard InChI is InChI=1S/C8H16N2O6S/c1-4-10(6(2)5-7(11)12)17(14,15)9-8(13)16-3/h6H,4-5H2,1-3H3,(H,9,13)(H,11,12). The van der Waals surface area contributed by atoms with Gasteiger partial charge in [-0.25, -0.2) is 9.52 Å². The third-order valence-electron chi connectivity index (χ3n) is 1.98. The van der Waals surface area contributed by atoms with E-state index < -0.39 is 28.3 Å². The van der Waals surface area contributed by atoms with Crippen molar-refractivity contribution in [1.29, 1.82) is 0 Å². The number of rotatable bonds is 6. The number of aliphatic carboxylic acids is 1. The summed E-state index contributed by atoms with van der Waals surface area (Å²) in [6, 6.07) is -0.764. The highest BCUT2D eigenvalue weighted by atomic mass is 32.2. The number of nitrogens with zero attached hydrogens (tertiary/aromatic N) is 1. The van der Waals surface area contributed by atoms with Crippen LogP contribution in [0.5, 0.6) is 0 Å². The van der Waals surface area contributed by atoms with E-state index in [2.05, 4.69) is 4.74 Å². The lowest BCUT2D eigenvalue weighted by atomic mass is 10.2. The topological polar surface area (TPSA) is 113 Å². The fourth-order valence-corrected chi connectivity index (χ4v) is 2.58. The van der Waals surface area contributed by atoms with E-state index in [-0.39, 0.29) is 13.0 Å². The molecule has 0 aliphatic heterocycles. The first-order chi connectivity index (χ1) is 7.74. The van der Waals surface area contributed by atoms with E-state index in [1.165, 1.54) is 13.8 Å². The Bertz CT molecular complexity index is 379. The number of carboxylic acid groups (broad SMARTS) is 1. The summed E-state index contributed by atoms with van der Waals surface area (Å²) in [7, 11) is -3.05. The molecular formula is C8H16N2O6S. The fourth-order valence-electron chi connectivity index (χ4n) is 1.28. The first-order valence-corrected chi connectivity index (χ1v) is 6.28. The monoisotopic (exact) mass is 268 g/mol. The number of nitrogens with one attached hydrogen (secondary N) is 1. The van der Waals surface area contributed by atoms with Crippen molar-refractivity contribution in [2.24, 2.45) is 0 Å². The summed E-state index contributed by atoms with van der Waals surface area (Å²) in [6.07, 6.45) is -1.47. The van der Waals surface area contributed by atoms with Crippen molar-refractivity contribution in [2.45, 2.75) is 26.3 Å². The second-order valence-electron chi connectivity index (χ2n) is 3.25. The van der Waals surface area contributed by atoms with Crippen LogP contribution < -0.4 is 4.72 Å². The first-order valence-electron chi connectivity index (χ1n) is 4.83. The average molecular weight is 268 g/mol. The van der Waals surface area contributed by atoms with Crippen LogP contribution in [0.1, 0.15) is 20.3 Å². The van der Waals surface area contributed by atoms with Gasteiger partial charge in [0.05, 0.1) is 13.5 Å². The Morgan fingerprint density at radius 1 is 1.47 bits per heavy atom. The molecule has 0 aliphatic rings. The zero-order valence-corrected chi connectivity index (χ0v) is 10.7. The van der Waals surface area contributed by atoms with Gasteiger partial charge in [-0.1, -0.05) is 6.92 Å². The van der Waals surface area contributed by atoms with E-state index in [4.69, 9.17) is 5.11 Å². The molecule has 0 saturated heterocycles. The zero-order chi connectivity index (χ0) is 13.6. The van der Waals surface area contributed by atoms with Crippen LogP contribution in [0.25, 0.3) is 0 Å². The van der Waals surface area contributed by atoms with Crippen molar-refractivity contribution in [3.05, 3.63) is 0 Å². The minimum Gasteiger partial charge on any atom is -0.481 e. The van der Waals surface area contributed by atoms with E-state index in [0.29, 0.717) is 0 Å².